The van der Waals surface area contributed by atoms with E-state index in [-0.39, 0.29) is 5.91 Å². The first-order valence-electron chi connectivity index (χ1n) is 13.4. The zero-order valence-electron chi connectivity index (χ0n) is 22.7. The molecule has 1 saturated heterocycles. The molecule has 3 aliphatic rings. The summed E-state index contributed by atoms with van der Waals surface area (Å²) in [5.74, 6) is 1.21. The van der Waals surface area contributed by atoms with E-state index in [2.05, 4.69) is 15.5 Å². The van der Waals surface area contributed by atoms with E-state index in [1.165, 1.54) is 17.8 Å². The summed E-state index contributed by atoms with van der Waals surface area (Å²) in [5, 5.41) is 46.6. The van der Waals surface area contributed by atoms with Crippen molar-refractivity contribution >= 4 is 28.4 Å². The van der Waals surface area contributed by atoms with Gasteiger partial charge in [-0.2, -0.15) is 0 Å². The van der Waals surface area contributed by atoms with Crippen LogP contribution in [0.2, 0.25) is 0 Å². The number of ether oxygens (including phenoxy) is 2. The number of rotatable bonds is 12. The van der Waals surface area contributed by atoms with Gasteiger partial charge in [0.15, 0.2) is 0 Å². The summed E-state index contributed by atoms with van der Waals surface area (Å²) in [5.41, 5.74) is -1.39. The molecule has 4 rings (SSSR count). The summed E-state index contributed by atoms with van der Waals surface area (Å²) >= 11 is 1.29. The molecule has 1 amide bonds. The molecule has 0 unspecified atom stereocenters. The first-order chi connectivity index (χ1) is 19.0. The van der Waals surface area contributed by atoms with Gasteiger partial charge in [0, 0.05) is 11.8 Å². The number of hydrogen-bond donors (Lipinski definition) is 5. The van der Waals surface area contributed by atoms with Gasteiger partial charge in [-0.05, 0) is 39.0 Å². The highest BCUT2D eigenvalue weighted by molar-refractivity contribution is 8.16. The van der Waals surface area contributed by atoms with Crippen LogP contribution in [-0.2, 0) is 14.4 Å². The second-order valence-electron chi connectivity index (χ2n) is 10.5. The fourth-order valence-corrected chi connectivity index (χ4v) is 5.36. The highest BCUT2D eigenvalue weighted by atomic mass is 32.2. The lowest BCUT2D eigenvalue weighted by Crippen LogP contribution is -2.58. The summed E-state index contributed by atoms with van der Waals surface area (Å²) in [6.07, 6.45) is -3.77. The van der Waals surface area contributed by atoms with Crippen molar-refractivity contribution in [3.8, 4) is 5.75 Å². The van der Waals surface area contributed by atoms with Crippen LogP contribution in [0.3, 0.4) is 0 Å². The Labute approximate surface area is 235 Å². The standard InChI is InChI=1S/C26H37N3O10S/c1-4-5-16(17-8-15(9-19(31)37-17)36-11-14-6-7-14)27-25(35)26(3)12-40-23(28-26)13(2)29-39-24-22(34)21(33)20(32)18(10-30)38-24/h8-9,14,16,18,20-22,24,30,32-34H,4-7,10-12H2,1-3H3,(H,27,35)/b29-13+/t16-,18-,20-,21+,22+,24-,26+/m1/s1. The lowest BCUT2D eigenvalue weighted by Gasteiger charge is -2.38. The number of oxime groups is 1. The second-order valence-corrected chi connectivity index (χ2v) is 11.5. The number of hydrogen-bond acceptors (Lipinski definition) is 13. The predicted molar refractivity (Wildman–Crippen MR) is 145 cm³/mol. The summed E-state index contributed by atoms with van der Waals surface area (Å²) in [6.45, 7) is 5.19. The zero-order valence-corrected chi connectivity index (χ0v) is 23.5. The van der Waals surface area contributed by atoms with Crippen LogP contribution < -0.4 is 15.7 Å². The zero-order chi connectivity index (χ0) is 29.0. The van der Waals surface area contributed by atoms with Crippen molar-refractivity contribution in [3.63, 3.8) is 0 Å². The Morgan fingerprint density at radius 2 is 2.02 bits per heavy atom. The Kier molecular flexibility index (Phi) is 9.90. The Morgan fingerprint density at radius 3 is 2.70 bits per heavy atom. The van der Waals surface area contributed by atoms with E-state index in [1.807, 2.05) is 6.92 Å². The maximum atomic E-state index is 13.4. The van der Waals surface area contributed by atoms with Crippen LogP contribution in [0, 0.1) is 5.92 Å². The van der Waals surface area contributed by atoms with Crippen molar-refractivity contribution in [2.45, 2.75) is 88.7 Å². The smallest absolute Gasteiger partial charge is 0.339 e. The van der Waals surface area contributed by atoms with Gasteiger partial charge in [-0.25, -0.2) is 4.79 Å². The molecule has 222 valence electrons. The van der Waals surface area contributed by atoms with E-state index in [0.717, 1.165) is 19.3 Å². The van der Waals surface area contributed by atoms with Crippen molar-refractivity contribution in [2.75, 3.05) is 19.0 Å². The number of carbonyl (C=O) groups excluding carboxylic acids is 1. The van der Waals surface area contributed by atoms with E-state index in [4.69, 9.17) is 18.7 Å². The van der Waals surface area contributed by atoms with Gasteiger partial charge in [0.2, 0.25) is 5.91 Å². The molecule has 0 radical (unpaired) electrons. The molecular formula is C26H37N3O10S. The second kappa shape index (κ2) is 13.0. The minimum absolute atomic E-state index is 0.301. The van der Waals surface area contributed by atoms with Gasteiger partial charge in [0.25, 0.3) is 6.29 Å². The Hall–Kier alpha value is -2.49. The highest BCUT2D eigenvalue weighted by Crippen LogP contribution is 2.32. The Balaban J connectivity index is 1.42. The van der Waals surface area contributed by atoms with Gasteiger partial charge in [-0.3, -0.25) is 9.79 Å². The summed E-state index contributed by atoms with van der Waals surface area (Å²) in [6, 6.07) is 2.40. The van der Waals surface area contributed by atoms with Crippen LogP contribution in [0.5, 0.6) is 5.75 Å². The normalized spacial score (nSPS) is 31.4. The molecule has 1 aromatic rings. The molecule has 0 aromatic carbocycles. The highest BCUT2D eigenvalue weighted by Gasteiger charge is 2.45. The van der Waals surface area contributed by atoms with Crippen molar-refractivity contribution in [3.05, 3.63) is 28.3 Å². The quantitative estimate of drug-likeness (QED) is 0.170. The maximum absolute atomic E-state index is 13.4. The van der Waals surface area contributed by atoms with Crippen molar-refractivity contribution in [1.29, 1.82) is 0 Å². The Bertz CT molecular complexity index is 1170. The number of thioether (sulfide) groups is 1. The molecule has 0 bridgehead atoms. The number of aliphatic hydroxyl groups excluding tert-OH is 4. The number of carbonyl (C=O) groups is 1. The van der Waals surface area contributed by atoms with Gasteiger partial charge in [-0.15, -0.1) is 11.8 Å². The maximum Gasteiger partial charge on any atom is 0.339 e. The number of nitrogens with zero attached hydrogens (tertiary/aromatic N) is 2. The molecule has 1 aromatic heterocycles. The van der Waals surface area contributed by atoms with Crippen molar-refractivity contribution < 1.29 is 43.9 Å². The van der Waals surface area contributed by atoms with Crippen LogP contribution in [0.25, 0.3) is 0 Å². The molecule has 1 saturated carbocycles. The minimum Gasteiger partial charge on any atom is -0.493 e. The largest absolute Gasteiger partial charge is 0.493 e. The Morgan fingerprint density at radius 1 is 1.27 bits per heavy atom. The van der Waals surface area contributed by atoms with Crippen molar-refractivity contribution in [2.24, 2.45) is 16.1 Å². The topological polar surface area (TPSA) is 193 Å². The third kappa shape index (κ3) is 7.22. The van der Waals surface area contributed by atoms with Gasteiger partial charge in [0.05, 0.1) is 25.3 Å². The summed E-state index contributed by atoms with van der Waals surface area (Å²) in [4.78, 5) is 35.4. The molecule has 2 fully saturated rings. The summed E-state index contributed by atoms with van der Waals surface area (Å²) < 4.78 is 16.5. The molecule has 14 heteroatoms. The average molecular weight is 584 g/mol. The molecule has 7 atom stereocenters. The molecule has 13 nitrogen and oxygen atoms in total. The van der Waals surface area contributed by atoms with E-state index in [9.17, 15) is 30.0 Å². The van der Waals surface area contributed by atoms with Crippen LogP contribution in [-0.4, -0.2) is 92.3 Å². The molecule has 3 heterocycles. The minimum atomic E-state index is -1.60. The van der Waals surface area contributed by atoms with Gasteiger partial charge < -0.3 is 44.5 Å². The van der Waals surface area contributed by atoms with Crippen LogP contribution >= 0.6 is 11.8 Å². The predicted octanol–water partition coefficient (Wildman–Crippen LogP) is 0.482. The number of amides is 1. The van der Waals surface area contributed by atoms with Gasteiger partial charge in [-0.1, -0.05) is 18.5 Å². The third-order valence-corrected chi connectivity index (χ3v) is 8.32. The lowest BCUT2D eigenvalue weighted by atomic mass is 9.99. The SMILES string of the molecule is CCC[C@@H](NC(=O)[C@]1(C)CSC(/C(C)=N/O[C@H]2O[C@H](CO)[C@@H](O)[C@H](O)[C@@H]2O)=N1)c1cc(OCC2CC2)cc(=O)o1. The van der Waals surface area contributed by atoms with Crippen LogP contribution in [0.4, 0.5) is 0 Å². The molecule has 1 aliphatic carbocycles. The first kappa shape index (κ1) is 30.5. The lowest BCUT2D eigenvalue weighted by molar-refractivity contribution is -0.301. The van der Waals surface area contributed by atoms with Crippen LogP contribution in [0.15, 0.2) is 31.5 Å². The van der Waals surface area contributed by atoms with E-state index >= 15 is 0 Å². The van der Waals surface area contributed by atoms with Gasteiger partial charge >= 0.3 is 5.63 Å². The molecule has 0 spiro atoms. The monoisotopic (exact) mass is 583 g/mol. The van der Waals surface area contributed by atoms with Gasteiger partial charge in [0.1, 0.15) is 52.2 Å². The van der Waals surface area contributed by atoms with E-state index in [0.29, 0.717) is 47.0 Å². The average Bonchev–Trinajstić information content (AvgIpc) is 3.68. The van der Waals surface area contributed by atoms with Crippen LogP contribution in [0.1, 0.15) is 58.3 Å². The number of nitrogens with one attached hydrogen (secondary N) is 1. The van der Waals surface area contributed by atoms with E-state index in [1.54, 1.807) is 19.9 Å². The molecular weight excluding hydrogens is 546 g/mol. The first-order valence-corrected chi connectivity index (χ1v) is 14.4. The molecule has 40 heavy (non-hydrogen) atoms. The fraction of sp³-hybridized carbons (Fsp3) is 0.692. The molecule has 5 N–H and O–H groups in total. The number of aliphatic imine (C=N–C) groups is 1. The third-order valence-electron chi connectivity index (χ3n) is 6.95. The molecule has 2 aliphatic heterocycles. The fourth-order valence-electron chi connectivity index (χ4n) is 4.24. The van der Waals surface area contributed by atoms with E-state index < -0.39 is 54.5 Å². The number of aliphatic hydroxyl groups is 4. The summed E-state index contributed by atoms with van der Waals surface area (Å²) in [7, 11) is 0. The van der Waals surface area contributed by atoms with Crippen molar-refractivity contribution in [1.82, 2.24) is 5.32 Å².